The minimum atomic E-state index is -2.72. The zero-order valence-electron chi connectivity index (χ0n) is 21.5. The van der Waals surface area contributed by atoms with Crippen molar-refractivity contribution in [2.75, 3.05) is 6.54 Å². The largest absolute Gasteiger partial charge is 0.296 e. The second kappa shape index (κ2) is 13.7. The lowest BCUT2D eigenvalue weighted by atomic mass is 9.96. The van der Waals surface area contributed by atoms with Gasteiger partial charge in [0.1, 0.15) is 5.69 Å². The van der Waals surface area contributed by atoms with Gasteiger partial charge in [-0.25, -0.2) is 13.5 Å². The van der Waals surface area contributed by atoms with Crippen LogP contribution in [0.1, 0.15) is 113 Å². The molecule has 3 nitrogen and oxygen atoms in total. The molecule has 0 N–H and O–H groups in total. The number of hydrogen-bond donors (Lipinski definition) is 0. The molecule has 2 aromatic rings. The fraction of sp³-hybridized carbons (Fsp3) is 0.679. The highest BCUT2D eigenvalue weighted by Gasteiger charge is 2.29. The summed E-state index contributed by atoms with van der Waals surface area (Å²) in [5.74, 6) is -0.130. The molecule has 1 aliphatic rings. The van der Waals surface area contributed by atoms with Gasteiger partial charge in [-0.2, -0.15) is 9.49 Å². The van der Waals surface area contributed by atoms with Crippen molar-refractivity contribution >= 4 is 11.6 Å². The molecule has 1 aromatic heterocycles. The fourth-order valence-electron chi connectivity index (χ4n) is 4.97. The van der Waals surface area contributed by atoms with E-state index in [1.807, 2.05) is 6.07 Å². The maximum Gasteiger partial charge on any atom is 0.282 e. The predicted octanol–water partition coefficient (Wildman–Crippen LogP) is 8.60. The number of unbranched alkanes of at least 4 members (excludes halogenated alkanes) is 7. The van der Waals surface area contributed by atoms with E-state index in [1.165, 1.54) is 56.7 Å². The lowest BCUT2D eigenvalue weighted by Crippen LogP contribution is -2.27. The third-order valence-corrected chi connectivity index (χ3v) is 7.33. The summed E-state index contributed by atoms with van der Waals surface area (Å²) in [6, 6.07) is 7.05. The molecule has 35 heavy (non-hydrogen) atoms. The zero-order chi connectivity index (χ0) is 25.4. The van der Waals surface area contributed by atoms with Crippen LogP contribution in [0.4, 0.5) is 13.2 Å². The van der Waals surface area contributed by atoms with E-state index in [2.05, 4.69) is 36.0 Å². The van der Waals surface area contributed by atoms with Crippen LogP contribution in [0.3, 0.4) is 0 Å². The molecule has 0 spiro atoms. The number of nitrogens with zero attached hydrogens (tertiary/aromatic N) is 3. The van der Waals surface area contributed by atoms with Gasteiger partial charge in [-0.05, 0) is 67.8 Å². The van der Waals surface area contributed by atoms with Crippen LogP contribution >= 0.6 is 11.6 Å². The van der Waals surface area contributed by atoms with E-state index in [0.29, 0.717) is 12.3 Å². The molecular weight excluding hydrogens is 471 g/mol. The van der Waals surface area contributed by atoms with E-state index in [-0.39, 0.29) is 5.56 Å². The molecule has 1 aromatic carbocycles. The Balaban J connectivity index is 1.29. The van der Waals surface area contributed by atoms with Gasteiger partial charge in [-0.15, -0.1) is 0 Å². The molecule has 7 heteroatoms. The van der Waals surface area contributed by atoms with Crippen molar-refractivity contribution in [3.8, 4) is 0 Å². The molecule has 0 aliphatic heterocycles. The zero-order valence-corrected chi connectivity index (χ0v) is 22.3. The van der Waals surface area contributed by atoms with Crippen molar-refractivity contribution in [3.05, 3.63) is 51.6 Å². The average Bonchev–Trinajstić information content (AvgIpc) is 3.61. The summed E-state index contributed by atoms with van der Waals surface area (Å²) in [4.78, 5) is 2.64. The van der Waals surface area contributed by atoms with Crippen LogP contribution in [-0.4, -0.2) is 27.3 Å². The summed E-state index contributed by atoms with van der Waals surface area (Å²) in [6.07, 6.45) is 8.94. The first-order valence-corrected chi connectivity index (χ1v) is 13.7. The Morgan fingerprint density at radius 1 is 1.03 bits per heavy atom. The molecule has 0 bridgehead atoms. The van der Waals surface area contributed by atoms with Crippen LogP contribution in [0.5, 0.6) is 0 Å². The second-order valence-corrected chi connectivity index (χ2v) is 10.8. The number of aromatic nitrogens is 2. The Kier molecular flexibility index (Phi) is 11.0. The first kappa shape index (κ1) is 28.0. The summed E-state index contributed by atoms with van der Waals surface area (Å²) >= 11 is 6.30. The second-order valence-electron chi connectivity index (χ2n) is 10.4. The van der Waals surface area contributed by atoms with Gasteiger partial charge in [0.15, 0.2) is 0 Å². The first-order valence-electron chi connectivity index (χ1n) is 13.3. The Morgan fingerprint density at radius 3 is 2.26 bits per heavy atom. The number of benzene rings is 1. The lowest BCUT2D eigenvalue weighted by Gasteiger charge is -2.24. The highest BCUT2D eigenvalue weighted by molar-refractivity contribution is 6.30. The van der Waals surface area contributed by atoms with Crippen LogP contribution in [-0.2, 0) is 20.0 Å². The van der Waals surface area contributed by atoms with Crippen molar-refractivity contribution in [1.29, 1.82) is 0 Å². The third-order valence-electron chi connectivity index (χ3n) is 7.09. The van der Waals surface area contributed by atoms with E-state index in [0.717, 1.165) is 54.5 Å². The monoisotopic (exact) mass is 511 g/mol. The molecule has 0 saturated heterocycles. The topological polar surface area (TPSA) is 21.1 Å². The summed E-state index contributed by atoms with van der Waals surface area (Å²) < 4.78 is 40.9. The van der Waals surface area contributed by atoms with Crippen LogP contribution in [0.15, 0.2) is 18.2 Å². The van der Waals surface area contributed by atoms with Gasteiger partial charge in [0, 0.05) is 30.2 Å². The van der Waals surface area contributed by atoms with Crippen LogP contribution in [0.2, 0.25) is 5.02 Å². The van der Waals surface area contributed by atoms with E-state index in [9.17, 15) is 13.2 Å². The van der Waals surface area contributed by atoms with Gasteiger partial charge in [0.2, 0.25) is 5.95 Å². The first-order chi connectivity index (χ1) is 16.8. The Bertz CT molecular complexity index is 924. The van der Waals surface area contributed by atoms with Gasteiger partial charge in [-0.1, -0.05) is 70.0 Å². The minimum Gasteiger partial charge on any atom is -0.296 e. The maximum absolute atomic E-state index is 14.0. The van der Waals surface area contributed by atoms with Gasteiger partial charge < -0.3 is 0 Å². The molecule has 1 heterocycles. The molecule has 196 valence electrons. The van der Waals surface area contributed by atoms with Crippen LogP contribution in [0.25, 0.3) is 0 Å². The molecule has 1 aliphatic carbocycles. The number of hydrogen-bond acceptors (Lipinski definition) is 2. The van der Waals surface area contributed by atoms with Gasteiger partial charge in [0.25, 0.3) is 6.43 Å². The van der Waals surface area contributed by atoms with E-state index < -0.39 is 18.1 Å². The minimum absolute atomic E-state index is 0.0843. The smallest absolute Gasteiger partial charge is 0.282 e. The van der Waals surface area contributed by atoms with Gasteiger partial charge in [-0.3, -0.25) is 4.90 Å². The number of rotatable bonds is 16. The summed E-state index contributed by atoms with van der Waals surface area (Å²) in [7, 11) is 1.37. The Labute approximate surface area is 214 Å². The molecule has 0 radical (unpaired) electrons. The Hall–Kier alpha value is -1.53. The van der Waals surface area contributed by atoms with E-state index >= 15 is 0 Å². The van der Waals surface area contributed by atoms with E-state index in [4.69, 9.17) is 11.6 Å². The van der Waals surface area contributed by atoms with Crippen molar-refractivity contribution in [2.24, 2.45) is 7.05 Å². The lowest BCUT2D eigenvalue weighted by molar-refractivity contribution is 0.144. The molecular formula is C28H41ClF3N3. The van der Waals surface area contributed by atoms with E-state index in [1.54, 1.807) is 0 Å². The summed E-state index contributed by atoms with van der Waals surface area (Å²) in [6.45, 7) is 6.61. The number of alkyl halides is 2. The highest BCUT2D eigenvalue weighted by Crippen LogP contribution is 2.31. The number of aryl methyl sites for hydroxylation is 1. The van der Waals surface area contributed by atoms with Crippen LogP contribution < -0.4 is 0 Å². The Morgan fingerprint density at radius 2 is 1.66 bits per heavy atom. The third kappa shape index (κ3) is 8.52. The van der Waals surface area contributed by atoms with Crippen LogP contribution in [0, 0.1) is 5.95 Å². The molecule has 1 saturated carbocycles. The standard InChI is InChI=1S/C28H41ClF3N3/c1-20(2)24-16-13-22(29)18-21(24)19-35(23-14-15-23)17-11-9-7-5-4-6-8-10-12-25-26(27(30)31)33-34(3)28(25)32/h13,16,18,20,23,27H,4-12,14-15,17,19H2,1-3H3. The molecule has 0 amide bonds. The van der Waals surface area contributed by atoms with Gasteiger partial charge in [0.05, 0.1) is 0 Å². The van der Waals surface area contributed by atoms with Crippen molar-refractivity contribution in [1.82, 2.24) is 14.7 Å². The molecule has 1 fully saturated rings. The molecule has 0 unspecified atom stereocenters. The van der Waals surface area contributed by atoms with Crippen molar-refractivity contribution in [3.63, 3.8) is 0 Å². The van der Waals surface area contributed by atoms with Gasteiger partial charge >= 0.3 is 0 Å². The predicted molar refractivity (Wildman–Crippen MR) is 138 cm³/mol. The summed E-state index contributed by atoms with van der Waals surface area (Å²) in [5, 5.41) is 4.43. The van der Waals surface area contributed by atoms with Crippen molar-refractivity contribution < 1.29 is 13.2 Å². The fourth-order valence-corrected chi connectivity index (χ4v) is 5.17. The highest BCUT2D eigenvalue weighted by atomic mass is 35.5. The molecule has 0 atom stereocenters. The SMILES string of the molecule is CC(C)c1ccc(Cl)cc1CN(CCCCCCCCCCc1c(C(F)F)nn(C)c1F)C1CC1. The molecule has 3 rings (SSSR count). The van der Waals surface area contributed by atoms with Crippen molar-refractivity contribution in [2.45, 2.75) is 109 Å². The normalized spacial score (nSPS) is 14.1. The average molecular weight is 512 g/mol. The maximum atomic E-state index is 14.0. The quantitative estimate of drug-likeness (QED) is 0.210. The number of halogens is 4. The summed E-state index contributed by atoms with van der Waals surface area (Å²) in [5.41, 5.74) is 2.45.